The summed E-state index contributed by atoms with van der Waals surface area (Å²) >= 11 is 0. The second-order valence-electron chi connectivity index (χ2n) is 3.48. The van der Waals surface area contributed by atoms with Crippen molar-refractivity contribution in [3.63, 3.8) is 0 Å². The molecule has 1 rings (SSSR count). The molecular weight excluding hydrogens is 162 g/mol. The molecule has 0 aliphatic carbocycles. The fourth-order valence-corrected chi connectivity index (χ4v) is 1.57. The number of hydrogen-bond acceptors (Lipinski definition) is 2. The molecular formula is C10H19N3. The van der Waals surface area contributed by atoms with Gasteiger partial charge < -0.3 is 10.3 Å². The molecule has 1 aromatic rings. The van der Waals surface area contributed by atoms with Crippen LogP contribution in [-0.2, 0) is 6.54 Å². The van der Waals surface area contributed by atoms with E-state index in [0.717, 1.165) is 37.4 Å². The number of rotatable bonds is 4. The van der Waals surface area contributed by atoms with Crippen LogP contribution < -0.4 is 5.73 Å². The Morgan fingerprint density at radius 2 is 1.92 bits per heavy atom. The van der Waals surface area contributed by atoms with Gasteiger partial charge in [-0.05, 0) is 40.2 Å². The summed E-state index contributed by atoms with van der Waals surface area (Å²) in [6, 6.07) is 0. The molecule has 0 aliphatic rings. The van der Waals surface area contributed by atoms with Crippen molar-refractivity contribution in [1.82, 2.24) is 9.55 Å². The lowest BCUT2D eigenvalue weighted by Crippen LogP contribution is -2.06. The Kier molecular flexibility index (Phi) is 3.48. The van der Waals surface area contributed by atoms with Gasteiger partial charge in [0.25, 0.3) is 0 Å². The largest absolute Gasteiger partial charge is 0.332 e. The van der Waals surface area contributed by atoms with E-state index < -0.39 is 0 Å². The van der Waals surface area contributed by atoms with Crippen LogP contribution in [0, 0.1) is 20.8 Å². The third kappa shape index (κ3) is 2.31. The molecule has 0 fully saturated rings. The normalized spacial score (nSPS) is 10.8. The maximum absolute atomic E-state index is 5.45. The second-order valence-corrected chi connectivity index (χ2v) is 3.48. The van der Waals surface area contributed by atoms with Gasteiger partial charge in [-0.3, -0.25) is 0 Å². The molecule has 0 amide bonds. The molecule has 0 atom stereocenters. The van der Waals surface area contributed by atoms with Crippen molar-refractivity contribution < 1.29 is 0 Å². The van der Waals surface area contributed by atoms with Crippen molar-refractivity contribution in [2.75, 3.05) is 6.54 Å². The van der Waals surface area contributed by atoms with Crippen LogP contribution in [-0.4, -0.2) is 16.1 Å². The quantitative estimate of drug-likeness (QED) is 0.716. The Bertz CT molecular complexity index is 276. The van der Waals surface area contributed by atoms with E-state index in [-0.39, 0.29) is 0 Å². The van der Waals surface area contributed by atoms with Crippen molar-refractivity contribution >= 4 is 0 Å². The number of imidazole rings is 1. The minimum absolute atomic E-state index is 0.784. The number of nitrogens with two attached hydrogens (primary N) is 1. The summed E-state index contributed by atoms with van der Waals surface area (Å²) < 4.78 is 2.27. The highest BCUT2D eigenvalue weighted by atomic mass is 15.1. The average molecular weight is 181 g/mol. The first-order valence-corrected chi connectivity index (χ1v) is 4.87. The summed E-state index contributed by atoms with van der Waals surface area (Å²) in [5, 5.41) is 0. The number of unbranched alkanes of at least 4 members (excludes halogenated alkanes) is 1. The highest BCUT2D eigenvalue weighted by Gasteiger charge is 2.05. The highest BCUT2D eigenvalue weighted by Crippen LogP contribution is 2.10. The van der Waals surface area contributed by atoms with E-state index in [1.165, 1.54) is 5.69 Å². The van der Waals surface area contributed by atoms with Crippen molar-refractivity contribution in [3.8, 4) is 0 Å². The number of hydrogen-bond donors (Lipinski definition) is 1. The van der Waals surface area contributed by atoms with Gasteiger partial charge in [-0.25, -0.2) is 4.98 Å². The molecule has 0 spiro atoms. The fraction of sp³-hybridized carbons (Fsp3) is 0.700. The molecule has 0 saturated heterocycles. The minimum Gasteiger partial charge on any atom is -0.332 e. The fourth-order valence-electron chi connectivity index (χ4n) is 1.57. The molecule has 0 aromatic carbocycles. The molecule has 3 nitrogen and oxygen atoms in total. The smallest absolute Gasteiger partial charge is 0.106 e. The van der Waals surface area contributed by atoms with E-state index in [9.17, 15) is 0 Å². The highest BCUT2D eigenvalue weighted by molar-refractivity contribution is 5.13. The summed E-state index contributed by atoms with van der Waals surface area (Å²) in [6.45, 7) is 8.07. The predicted octanol–water partition coefficient (Wildman–Crippen LogP) is 1.55. The van der Waals surface area contributed by atoms with Crippen molar-refractivity contribution in [1.29, 1.82) is 0 Å². The molecule has 0 bridgehead atoms. The Morgan fingerprint density at radius 3 is 2.38 bits per heavy atom. The Morgan fingerprint density at radius 1 is 1.23 bits per heavy atom. The van der Waals surface area contributed by atoms with Crippen LogP contribution in [0.15, 0.2) is 0 Å². The molecule has 3 heteroatoms. The van der Waals surface area contributed by atoms with Crippen LogP contribution in [0.5, 0.6) is 0 Å². The third-order valence-electron chi connectivity index (χ3n) is 2.48. The van der Waals surface area contributed by atoms with E-state index in [4.69, 9.17) is 5.73 Å². The zero-order chi connectivity index (χ0) is 9.84. The zero-order valence-electron chi connectivity index (χ0n) is 8.80. The monoisotopic (exact) mass is 181 g/mol. The summed E-state index contributed by atoms with van der Waals surface area (Å²) in [7, 11) is 0. The first-order valence-electron chi connectivity index (χ1n) is 4.87. The molecule has 13 heavy (non-hydrogen) atoms. The lowest BCUT2D eigenvalue weighted by molar-refractivity contribution is 0.591. The molecule has 0 radical (unpaired) electrons. The van der Waals surface area contributed by atoms with Crippen LogP contribution >= 0.6 is 0 Å². The SMILES string of the molecule is Cc1nc(C)n(CCCCN)c1C. The van der Waals surface area contributed by atoms with E-state index in [1.54, 1.807) is 0 Å². The van der Waals surface area contributed by atoms with Crippen molar-refractivity contribution in [2.45, 2.75) is 40.2 Å². The summed E-state index contributed by atoms with van der Waals surface area (Å²) in [5.74, 6) is 1.12. The number of aryl methyl sites for hydroxylation is 2. The van der Waals surface area contributed by atoms with Crippen LogP contribution in [0.1, 0.15) is 30.1 Å². The standard InChI is InChI=1S/C10H19N3/c1-8-9(2)13(10(3)12-8)7-5-4-6-11/h4-7,11H2,1-3H3. The molecule has 0 unspecified atom stereocenters. The van der Waals surface area contributed by atoms with Crippen molar-refractivity contribution in [3.05, 3.63) is 17.2 Å². The van der Waals surface area contributed by atoms with Gasteiger partial charge in [-0.15, -0.1) is 0 Å². The van der Waals surface area contributed by atoms with E-state index >= 15 is 0 Å². The van der Waals surface area contributed by atoms with Gasteiger partial charge in [0.1, 0.15) is 5.82 Å². The topological polar surface area (TPSA) is 43.8 Å². The van der Waals surface area contributed by atoms with Crippen LogP contribution in [0.3, 0.4) is 0 Å². The molecule has 1 aromatic heterocycles. The van der Waals surface area contributed by atoms with Crippen molar-refractivity contribution in [2.24, 2.45) is 5.73 Å². The maximum Gasteiger partial charge on any atom is 0.106 e. The van der Waals surface area contributed by atoms with E-state index in [2.05, 4.69) is 30.3 Å². The Balaban J connectivity index is 2.64. The lowest BCUT2D eigenvalue weighted by Gasteiger charge is -2.06. The molecule has 1 heterocycles. The van der Waals surface area contributed by atoms with Gasteiger partial charge in [0, 0.05) is 12.2 Å². The Labute approximate surface area is 80.0 Å². The van der Waals surface area contributed by atoms with Crippen LogP contribution in [0.25, 0.3) is 0 Å². The van der Waals surface area contributed by atoms with Gasteiger partial charge in [0.2, 0.25) is 0 Å². The van der Waals surface area contributed by atoms with Crippen LogP contribution in [0.2, 0.25) is 0 Å². The van der Waals surface area contributed by atoms with Crippen LogP contribution in [0.4, 0.5) is 0 Å². The first-order chi connectivity index (χ1) is 6.16. The number of nitrogens with zero attached hydrogens (tertiary/aromatic N) is 2. The summed E-state index contributed by atoms with van der Waals surface area (Å²) in [5.41, 5.74) is 7.88. The van der Waals surface area contributed by atoms with Gasteiger partial charge in [0.05, 0.1) is 5.69 Å². The van der Waals surface area contributed by atoms with Gasteiger partial charge >= 0.3 is 0 Å². The van der Waals surface area contributed by atoms with Gasteiger partial charge in [-0.1, -0.05) is 0 Å². The minimum atomic E-state index is 0.784. The molecule has 0 saturated carbocycles. The second kappa shape index (κ2) is 4.42. The lowest BCUT2D eigenvalue weighted by atomic mass is 10.3. The summed E-state index contributed by atoms with van der Waals surface area (Å²) in [4.78, 5) is 4.42. The van der Waals surface area contributed by atoms with Gasteiger partial charge in [-0.2, -0.15) is 0 Å². The average Bonchev–Trinajstić information content (AvgIpc) is 2.32. The zero-order valence-corrected chi connectivity index (χ0v) is 8.80. The van der Waals surface area contributed by atoms with Gasteiger partial charge in [0.15, 0.2) is 0 Å². The Hall–Kier alpha value is -0.830. The number of aromatic nitrogens is 2. The maximum atomic E-state index is 5.45. The first kappa shape index (κ1) is 10.3. The molecule has 74 valence electrons. The predicted molar refractivity (Wildman–Crippen MR) is 54.7 cm³/mol. The van der Waals surface area contributed by atoms with E-state index in [1.807, 2.05) is 0 Å². The third-order valence-corrected chi connectivity index (χ3v) is 2.48. The molecule has 0 aliphatic heterocycles. The summed E-state index contributed by atoms with van der Waals surface area (Å²) in [6.07, 6.45) is 2.24. The van der Waals surface area contributed by atoms with E-state index in [0.29, 0.717) is 0 Å². The molecule has 2 N–H and O–H groups in total.